The molecule has 1 heterocycles. The zero-order chi connectivity index (χ0) is 26.4. The normalized spacial score (nSPS) is 15.1. The third kappa shape index (κ3) is 6.18. The van der Waals surface area contributed by atoms with Crippen LogP contribution in [0.4, 0.5) is 15.8 Å². The topological polar surface area (TPSA) is 78.9 Å². The van der Waals surface area contributed by atoms with E-state index >= 15 is 0 Å². The highest BCUT2D eigenvalue weighted by atomic mass is 32.1. The number of benzene rings is 3. The monoisotopic (exact) mass is 519 g/mol. The summed E-state index contributed by atoms with van der Waals surface area (Å²) in [4.78, 5) is 41.6. The molecule has 37 heavy (non-hydrogen) atoms. The van der Waals surface area contributed by atoms with Gasteiger partial charge in [0.1, 0.15) is 11.9 Å². The molecular formula is C28H26FN3O4S. The predicted molar refractivity (Wildman–Crippen MR) is 143 cm³/mol. The van der Waals surface area contributed by atoms with Crippen LogP contribution in [-0.4, -0.2) is 47.0 Å². The number of anilines is 2. The van der Waals surface area contributed by atoms with Crippen molar-refractivity contribution < 1.29 is 23.5 Å². The highest BCUT2D eigenvalue weighted by molar-refractivity contribution is 7.80. The van der Waals surface area contributed by atoms with E-state index in [4.69, 9.17) is 17.0 Å². The van der Waals surface area contributed by atoms with E-state index in [9.17, 15) is 18.8 Å². The van der Waals surface area contributed by atoms with E-state index in [0.29, 0.717) is 29.9 Å². The Morgan fingerprint density at radius 3 is 2.32 bits per heavy atom. The number of nitrogens with zero attached hydrogens (tertiary/aromatic N) is 2. The number of carbonyl (C=O) groups excluding carboxylic acids is 3. The number of thiocarbonyl (C=S) groups is 1. The number of carbonyl (C=O) groups is 3. The first-order valence-electron chi connectivity index (χ1n) is 11.9. The molecule has 1 aliphatic heterocycles. The molecular weight excluding hydrogens is 493 g/mol. The maximum Gasteiger partial charge on any atom is 0.338 e. The fourth-order valence-electron chi connectivity index (χ4n) is 4.10. The number of amides is 2. The zero-order valence-corrected chi connectivity index (χ0v) is 21.0. The van der Waals surface area contributed by atoms with Gasteiger partial charge in [0.25, 0.3) is 5.91 Å². The number of rotatable bonds is 9. The third-order valence-corrected chi connectivity index (χ3v) is 6.36. The lowest BCUT2D eigenvalue weighted by molar-refractivity contribution is -0.124. The van der Waals surface area contributed by atoms with Crippen molar-refractivity contribution >= 4 is 46.5 Å². The Hall–Kier alpha value is -4.11. The maximum absolute atomic E-state index is 13.6. The molecule has 0 aromatic heterocycles. The number of nitrogens with one attached hydrogen (secondary N) is 1. The number of halogens is 1. The summed E-state index contributed by atoms with van der Waals surface area (Å²) in [6.07, 6.45) is 0.489. The van der Waals surface area contributed by atoms with Crippen molar-refractivity contribution in [2.45, 2.75) is 25.8 Å². The minimum atomic E-state index is -0.818. The van der Waals surface area contributed by atoms with Gasteiger partial charge >= 0.3 is 5.97 Å². The number of hydrogen-bond acceptors (Lipinski definition) is 5. The average Bonchev–Trinajstić information content (AvgIpc) is 3.13. The van der Waals surface area contributed by atoms with E-state index in [1.54, 1.807) is 36.1 Å². The molecule has 0 bridgehead atoms. The Morgan fingerprint density at radius 1 is 1.00 bits per heavy atom. The van der Waals surface area contributed by atoms with E-state index < -0.39 is 23.7 Å². The second-order valence-corrected chi connectivity index (χ2v) is 8.79. The van der Waals surface area contributed by atoms with E-state index in [2.05, 4.69) is 5.32 Å². The van der Waals surface area contributed by atoms with E-state index in [1.807, 2.05) is 30.3 Å². The van der Waals surface area contributed by atoms with Crippen LogP contribution in [0.2, 0.25) is 0 Å². The van der Waals surface area contributed by atoms with Crippen molar-refractivity contribution in [2.75, 3.05) is 23.4 Å². The fourth-order valence-corrected chi connectivity index (χ4v) is 4.52. The molecule has 7 nitrogen and oxygen atoms in total. The van der Waals surface area contributed by atoms with Crippen LogP contribution in [0.3, 0.4) is 0 Å². The lowest BCUT2D eigenvalue weighted by Gasteiger charge is -2.24. The summed E-state index contributed by atoms with van der Waals surface area (Å²) in [6, 6.07) is 20.8. The molecule has 4 rings (SSSR count). The fraction of sp³-hybridized carbons (Fsp3) is 0.214. The van der Waals surface area contributed by atoms with Gasteiger partial charge in [0, 0.05) is 12.2 Å². The van der Waals surface area contributed by atoms with Gasteiger partial charge in [-0.25, -0.2) is 9.18 Å². The molecule has 0 spiro atoms. The minimum absolute atomic E-state index is 0.136. The van der Waals surface area contributed by atoms with Crippen molar-refractivity contribution in [1.29, 1.82) is 0 Å². The van der Waals surface area contributed by atoms with Crippen LogP contribution in [0.1, 0.15) is 29.3 Å². The van der Waals surface area contributed by atoms with Crippen LogP contribution in [-0.2, 0) is 20.7 Å². The Bertz CT molecular complexity index is 1280. The third-order valence-electron chi connectivity index (χ3n) is 5.95. The van der Waals surface area contributed by atoms with Crippen molar-refractivity contribution in [3.05, 3.63) is 95.8 Å². The van der Waals surface area contributed by atoms with Crippen LogP contribution < -0.4 is 10.2 Å². The quantitative estimate of drug-likeness (QED) is 0.330. The predicted octanol–water partition coefficient (Wildman–Crippen LogP) is 4.58. The van der Waals surface area contributed by atoms with Gasteiger partial charge in [0.15, 0.2) is 5.11 Å². The largest absolute Gasteiger partial charge is 0.462 e. The van der Waals surface area contributed by atoms with Gasteiger partial charge in [-0.15, -0.1) is 0 Å². The minimum Gasteiger partial charge on any atom is -0.462 e. The van der Waals surface area contributed by atoms with Crippen LogP contribution in [0.15, 0.2) is 78.9 Å². The van der Waals surface area contributed by atoms with Crippen molar-refractivity contribution in [3.8, 4) is 0 Å². The molecule has 0 saturated carbocycles. The standard InChI is InChI=1S/C28H26FN3O4S/c1-2-36-27(35)20-8-14-23(15-9-20)32-26(34)24(18-25(33)30-22-12-10-21(29)11-13-22)31(28(32)37)17-16-19-6-4-3-5-7-19/h3-15,24H,2,16-18H2,1H3,(H,30,33)/t24-/m0/s1. The molecule has 9 heteroatoms. The van der Waals surface area contributed by atoms with Crippen LogP contribution in [0.5, 0.6) is 0 Å². The zero-order valence-electron chi connectivity index (χ0n) is 20.2. The first-order valence-corrected chi connectivity index (χ1v) is 12.3. The molecule has 3 aromatic rings. The summed E-state index contributed by atoms with van der Waals surface area (Å²) in [5, 5.41) is 3.00. The smallest absolute Gasteiger partial charge is 0.338 e. The first kappa shape index (κ1) is 26.0. The van der Waals surface area contributed by atoms with E-state index in [1.165, 1.54) is 29.2 Å². The van der Waals surface area contributed by atoms with Crippen molar-refractivity contribution in [2.24, 2.45) is 0 Å². The van der Waals surface area contributed by atoms with Crippen LogP contribution in [0.25, 0.3) is 0 Å². The molecule has 1 aliphatic rings. The second kappa shape index (κ2) is 11.7. The molecule has 2 amide bonds. The molecule has 1 saturated heterocycles. The van der Waals surface area contributed by atoms with Gasteiger partial charge < -0.3 is 15.0 Å². The summed E-state index contributed by atoms with van der Waals surface area (Å²) in [7, 11) is 0. The molecule has 1 N–H and O–H groups in total. The Balaban J connectivity index is 1.55. The summed E-state index contributed by atoms with van der Waals surface area (Å²) >= 11 is 5.70. The van der Waals surface area contributed by atoms with Crippen LogP contribution in [0, 0.1) is 5.82 Å². The van der Waals surface area contributed by atoms with Crippen molar-refractivity contribution in [1.82, 2.24) is 4.90 Å². The Kier molecular flexibility index (Phi) is 8.25. The van der Waals surface area contributed by atoms with Gasteiger partial charge in [0.2, 0.25) is 5.91 Å². The van der Waals surface area contributed by atoms with Crippen molar-refractivity contribution in [3.63, 3.8) is 0 Å². The SMILES string of the molecule is CCOC(=O)c1ccc(N2C(=O)[C@H](CC(=O)Nc3ccc(F)cc3)N(CCc3ccccc3)C2=S)cc1. The molecule has 0 radical (unpaired) electrons. The van der Waals surface area contributed by atoms with Gasteiger partial charge in [-0.05, 0) is 79.7 Å². The highest BCUT2D eigenvalue weighted by Gasteiger charge is 2.43. The van der Waals surface area contributed by atoms with Gasteiger partial charge in [-0.3, -0.25) is 14.5 Å². The second-order valence-electron chi connectivity index (χ2n) is 8.43. The Labute approximate surface area is 219 Å². The average molecular weight is 520 g/mol. The molecule has 3 aromatic carbocycles. The van der Waals surface area contributed by atoms with Gasteiger partial charge in [-0.1, -0.05) is 30.3 Å². The maximum atomic E-state index is 13.6. The summed E-state index contributed by atoms with van der Waals surface area (Å²) < 4.78 is 18.2. The summed E-state index contributed by atoms with van der Waals surface area (Å²) in [5.74, 6) is -1.59. The lowest BCUT2D eigenvalue weighted by Crippen LogP contribution is -2.39. The Morgan fingerprint density at radius 2 is 1.68 bits per heavy atom. The molecule has 1 fully saturated rings. The number of hydrogen-bond donors (Lipinski definition) is 1. The number of esters is 1. The molecule has 190 valence electrons. The molecule has 0 unspecified atom stereocenters. The molecule has 0 aliphatic carbocycles. The first-order chi connectivity index (χ1) is 17.9. The lowest BCUT2D eigenvalue weighted by atomic mass is 10.1. The van der Waals surface area contributed by atoms with Gasteiger partial charge in [0.05, 0.1) is 24.3 Å². The van der Waals surface area contributed by atoms with E-state index in [-0.39, 0.29) is 24.0 Å². The van der Waals surface area contributed by atoms with Gasteiger partial charge in [-0.2, -0.15) is 0 Å². The summed E-state index contributed by atoms with van der Waals surface area (Å²) in [5.41, 5.74) is 2.36. The number of ether oxygens (including phenoxy) is 1. The van der Waals surface area contributed by atoms with Crippen LogP contribution >= 0.6 is 12.2 Å². The van der Waals surface area contributed by atoms with E-state index in [0.717, 1.165) is 5.56 Å². The molecule has 1 atom stereocenters. The highest BCUT2D eigenvalue weighted by Crippen LogP contribution is 2.28. The summed E-state index contributed by atoms with van der Waals surface area (Å²) in [6.45, 7) is 2.41.